The van der Waals surface area contributed by atoms with E-state index in [1.807, 2.05) is 0 Å². The van der Waals surface area contributed by atoms with Crippen molar-refractivity contribution in [2.45, 2.75) is 416 Å². The Morgan fingerprint density at radius 3 is 1.08 bits per heavy atom. The van der Waals surface area contributed by atoms with E-state index in [2.05, 4.69) is 35.5 Å². The summed E-state index contributed by atoms with van der Waals surface area (Å²) in [6.45, 7) is 3.53. The van der Waals surface area contributed by atoms with Crippen molar-refractivity contribution in [1.82, 2.24) is 5.32 Å². The molecule has 0 aromatic heterocycles. The maximum absolute atomic E-state index is 13.2. The van der Waals surface area contributed by atoms with E-state index in [0.717, 1.165) is 51.4 Å². The van der Waals surface area contributed by atoms with Crippen LogP contribution < -0.4 is 5.32 Å². The average molecular weight is 1200 g/mol. The van der Waals surface area contributed by atoms with Crippen LogP contribution in [0, 0.1) is 0 Å². The Balaban J connectivity index is 2.20. The molecule has 1 heterocycles. The molecule has 1 rings (SSSR count). The topological polar surface area (TPSA) is 192 Å². The maximum Gasteiger partial charge on any atom is 0.397 e. The van der Waals surface area contributed by atoms with Gasteiger partial charge in [-0.15, -0.1) is 0 Å². The van der Waals surface area contributed by atoms with Crippen LogP contribution in [0.5, 0.6) is 0 Å². The molecular formula is C70H137NO11S. The van der Waals surface area contributed by atoms with E-state index < -0.39 is 59.9 Å². The van der Waals surface area contributed by atoms with Gasteiger partial charge in [-0.05, 0) is 38.5 Å². The van der Waals surface area contributed by atoms with Gasteiger partial charge in [0.05, 0.1) is 25.4 Å². The molecule has 13 heteroatoms. The molecule has 1 saturated heterocycles. The molecule has 1 amide bonds. The first kappa shape index (κ1) is 79.9. The predicted molar refractivity (Wildman–Crippen MR) is 347 cm³/mol. The van der Waals surface area contributed by atoms with Crippen LogP contribution in [0.4, 0.5) is 0 Å². The molecule has 12 nitrogen and oxygen atoms in total. The highest BCUT2D eigenvalue weighted by molar-refractivity contribution is 7.80. The molecule has 83 heavy (non-hydrogen) atoms. The normalized spacial score (nSPS) is 18.4. The Kier molecular flexibility index (Phi) is 57.5. The molecule has 0 aromatic rings. The molecule has 0 saturated carbocycles. The summed E-state index contributed by atoms with van der Waals surface area (Å²) in [5, 5.41) is 45.4. The standard InChI is InChI=1S/C70H137NO11S/c1-3-5-7-9-11-13-15-17-19-21-23-25-27-28-29-30-31-32-33-34-35-36-38-40-42-44-46-48-50-52-54-56-58-60-66(74)71-63(62-80-70-68(76)69(82-83(77,78)79)67(75)65(61-72)81-70)64(73)59-57-55-53-51-49-47-45-43-41-39-37-26-24-22-20-18-16-14-12-10-8-6-4-2/h28-29,63-65,67-70,72-73,75-76H,3-27,30-62H2,1-2H3,(H,71,74)(H,77,78,79)/b29-28-. The van der Waals surface area contributed by atoms with Crippen molar-refractivity contribution in [3.8, 4) is 0 Å². The van der Waals surface area contributed by atoms with Crippen molar-refractivity contribution in [1.29, 1.82) is 0 Å². The van der Waals surface area contributed by atoms with Gasteiger partial charge >= 0.3 is 10.4 Å². The number of hydrogen-bond donors (Lipinski definition) is 6. The molecule has 0 radical (unpaired) electrons. The molecule has 1 aliphatic rings. The van der Waals surface area contributed by atoms with Crippen molar-refractivity contribution in [2.24, 2.45) is 0 Å². The lowest BCUT2D eigenvalue weighted by Crippen LogP contribution is -2.61. The van der Waals surface area contributed by atoms with Crippen LogP contribution in [0.1, 0.15) is 373 Å². The Bertz CT molecular complexity index is 1500. The number of ether oxygens (including phenoxy) is 2. The van der Waals surface area contributed by atoms with Crippen LogP contribution in [0.25, 0.3) is 0 Å². The number of amides is 1. The zero-order valence-electron chi connectivity index (χ0n) is 54.3. The zero-order valence-corrected chi connectivity index (χ0v) is 55.1. The van der Waals surface area contributed by atoms with Gasteiger partial charge in [0, 0.05) is 6.42 Å². The molecule has 1 fully saturated rings. The Morgan fingerprint density at radius 2 is 0.771 bits per heavy atom. The van der Waals surface area contributed by atoms with Crippen LogP contribution in [0.15, 0.2) is 12.2 Å². The summed E-state index contributed by atoms with van der Waals surface area (Å²) in [5.74, 6) is -0.221. The smallest absolute Gasteiger partial charge is 0.394 e. The minimum Gasteiger partial charge on any atom is -0.394 e. The minimum atomic E-state index is -5.08. The van der Waals surface area contributed by atoms with E-state index >= 15 is 0 Å². The van der Waals surface area contributed by atoms with Crippen LogP contribution in [-0.4, -0.2) is 95.4 Å². The van der Waals surface area contributed by atoms with Gasteiger partial charge in [0.1, 0.15) is 24.4 Å². The van der Waals surface area contributed by atoms with E-state index in [0.29, 0.717) is 12.8 Å². The number of nitrogens with one attached hydrogen (secondary N) is 1. The average Bonchev–Trinajstić information content (AvgIpc) is 3.56. The molecule has 494 valence electrons. The first-order valence-corrected chi connectivity index (χ1v) is 37.4. The summed E-state index contributed by atoms with van der Waals surface area (Å²) in [6.07, 6.45) is 66.8. The second-order valence-corrected chi connectivity index (χ2v) is 26.6. The van der Waals surface area contributed by atoms with Crippen LogP contribution in [0.3, 0.4) is 0 Å². The Hall–Kier alpha value is -1.16. The summed E-state index contributed by atoms with van der Waals surface area (Å²) >= 11 is 0. The highest BCUT2D eigenvalue weighted by atomic mass is 32.3. The third kappa shape index (κ3) is 51.4. The quantitative estimate of drug-likeness (QED) is 0.0193. The van der Waals surface area contributed by atoms with Crippen molar-refractivity contribution >= 4 is 16.3 Å². The lowest BCUT2D eigenvalue weighted by Gasteiger charge is -2.41. The monoisotopic (exact) mass is 1200 g/mol. The molecule has 0 bridgehead atoms. The van der Waals surface area contributed by atoms with E-state index in [-0.39, 0.29) is 12.5 Å². The summed E-state index contributed by atoms with van der Waals surface area (Å²) in [4.78, 5) is 13.2. The second kappa shape index (κ2) is 59.8. The van der Waals surface area contributed by atoms with E-state index in [4.69, 9.17) is 9.47 Å². The Morgan fingerprint density at radius 1 is 0.470 bits per heavy atom. The molecule has 7 atom stereocenters. The molecule has 0 aromatic carbocycles. The van der Waals surface area contributed by atoms with Gasteiger partial charge < -0.3 is 35.2 Å². The summed E-state index contributed by atoms with van der Waals surface area (Å²) in [7, 11) is -5.08. The predicted octanol–water partition coefficient (Wildman–Crippen LogP) is 18.9. The van der Waals surface area contributed by atoms with Gasteiger partial charge in [0.25, 0.3) is 0 Å². The van der Waals surface area contributed by atoms with Crippen LogP contribution in [0.2, 0.25) is 0 Å². The van der Waals surface area contributed by atoms with Crippen molar-refractivity contribution < 1.29 is 51.8 Å². The first-order valence-electron chi connectivity index (χ1n) is 36.1. The van der Waals surface area contributed by atoms with Crippen LogP contribution >= 0.6 is 0 Å². The fourth-order valence-corrected chi connectivity index (χ4v) is 12.6. The largest absolute Gasteiger partial charge is 0.397 e. The summed E-state index contributed by atoms with van der Waals surface area (Å²) < 4.78 is 48.1. The molecule has 6 N–H and O–H groups in total. The highest BCUT2D eigenvalue weighted by Gasteiger charge is 2.48. The van der Waals surface area contributed by atoms with E-state index in [9.17, 15) is 38.2 Å². The van der Waals surface area contributed by atoms with Gasteiger partial charge in [-0.2, -0.15) is 8.42 Å². The van der Waals surface area contributed by atoms with Gasteiger partial charge in [0.2, 0.25) is 5.91 Å². The number of carbonyl (C=O) groups excluding carboxylic acids is 1. The molecular weight excluding hydrogens is 1060 g/mol. The van der Waals surface area contributed by atoms with Crippen molar-refractivity contribution in [3.63, 3.8) is 0 Å². The van der Waals surface area contributed by atoms with Crippen molar-refractivity contribution in [3.05, 3.63) is 12.2 Å². The fraction of sp³-hybridized carbons (Fsp3) is 0.957. The summed E-state index contributed by atoms with van der Waals surface area (Å²) in [5.41, 5.74) is 0. The molecule has 1 aliphatic heterocycles. The van der Waals surface area contributed by atoms with Gasteiger partial charge in [0.15, 0.2) is 6.29 Å². The third-order valence-electron chi connectivity index (χ3n) is 17.6. The van der Waals surface area contributed by atoms with Crippen LogP contribution in [-0.2, 0) is 28.9 Å². The lowest BCUT2D eigenvalue weighted by molar-refractivity contribution is -0.298. The van der Waals surface area contributed by atoms with E-state index in [1.165, 1.54) is 295 Å². The number of carbonyl (C=O) groups is 1. The molecule has 7 unspecified atom stereocenters. The van der Waals surface area contributed by atoms with Crippen molar-refractivity contribution in [2.75, 3.05) is 13.2 Å². The zero-order chi connectivity index (χ0) is 60.4. The number of aliphatic hydroxyl groups excluding tert-OH is 4. The minimum absolute atomic E-state index is 0.221. The Labute approximate surface area is 512 Å². The number of allylic oxidation sites excluding steroid dienone is 2. The SMILES string of the molecule is CCCCCCCCCCCCCC/C=C\CCCCCCCCCCCCCCCCCCCC(=O)NC(COC1OC(CO)C(O)C(OS(=O)(=O)O)C1O)C(O)CCCCCCCCCCCCCCCCCCCCCCCCC. The highest BCUT2D eigenvalue weighted by Crippen LogP contribution is 2.27. The van der Waals surface area contributed by atoms with E-state index in [1.54, 1.807) is 0 Å². The van der Waals surface area contributed by atoms with Gasteiger partial charge in [-0.1, -0.05) is 341 Å². The lowest BCUT2D eigenvalue weighted by atomic mass is 9.99. The summed E-state index contributed by atoms with van der Waals surface area (Å²) in [6, 6.07) is -0.857. The number of aliphatic hydroxyl groups is 4. The fourth-order valence-electron chi connectivity index (χ4n) is 12.0. The molecule has 0 aliphatic carbocycles. The van der Waals surface area contributed by atoms with Gasteiger partial charge in [-0.3, -0.25) is 9.35 Å². The number of unbranched alkanes of at least 4 members (excludes halogenated alkanes) is 51. The second-order valence-electron chi connectivity index (χ2n) is 25.5. The third-order valence-corrected chi connectivity index (χ3v) is 18.0. The van der Waals surface area contributed by atoms with Gasteiger partial charge in [-0.25, -0.2) is 4.18 Å². The maximum atomic E-state index is 13.2. The first-order chi connectivity index (χ1) is 40.5. The number of rotatable bonds is 65. The molecule has 0 spiro atoms. The number of hydrogen-bond acceptors (Lipinski definition) is 10.